The number of hydrogen-bond acceptors (Lipinski definition) is 7. The van der Waals surface area contributed by atoms with Crippen molar-refractivity contribution < 1.29 is 9.47 Å². The molecule has 0 atom stereocenters. The molecule has 8 heteroatoms. The van der Waals surface area contributed by atoms with E-state index in [4.69, 9.17) is 9.47 Å². The molecule has 2 aromatic heterocycles. The van der Waals surface area contributed by atoms with Gasteiger partial charge < -0.3 is 14.8 Å². The van der Waals surface area contributed by atoms with Crippen LogP contribution >= 0.6 is 11.3 Å². The second-order valence-corrected chi connectivity index (χ2v) is 6.12. The summed E-state index contributed by atoms with van der Waals surface area (Å²) in [5, 5.41) is 8.37. The topological polar surface area (TPSA) is 77.8 Å². The number of aryl methyl sites for hydroxylation is 1. The van der Waals surface area contributed by atoms with Gasteiger partial charge in [-0.1, -0.05) is 18.3 Å². The fourth-order valence-electron chi connectivity index (χ4n) is 2.23. The van der Waals surface area contributed by atoms with Gasteiger partial charge in [-0.05, 0) is 6.42 Å². The van der Waals surface area contributed by atoms with Crippen LogP contribution in [0.15, 0.2) is 29.1 Å². The summed E-state index contributed by atoms with van der Waals surface area (Å²) in [6, 6.07) is 7.01. The number of benzene rings is 1. The van der Waals surface area contributed by atoms with E-state index in [-0.39, 0.29) is 5.56 Å². The van der Waals surface area contributed by atoms with Gasteiger partial charge in [0.1, 0.15) is 16.5 Å². The van der Waals surface area contributed by atoms with Gasteiger partial charge in [0.15, 0.2) is 0 Å². The monoisotopic (exact) mass is 346 g/mol. The molecule has 0 radical (unpaired) electrons. The summed E-state index contributed by atoms with van der Waals surface area (Å²) in [5.41, 5.74) is 1.32. The van der Waals surface area contributed by atoms with Crippen LogP contribution in [0, 0.1) is 0 Å². The Balaban J connectivity index is 1.84. The molecule has 3 aromatic rings. The number of methoxy groups -OCH3 is 2. The molecule has 0 bridgehead atoms. The maximum absolute atomic E-state index is 12.1. The van der Waals surface area contributed by atoms with Crippen molar-refractivity contribution in [2.45, 2.75) is 19.9 Å². The number of rotatable bonds is 6. The number of nitrogens with zero attached hydrogens (tertiary/aromatic N) is 3. The predicted octanol–water partition coefficient (Wildman–Crippen LogP) is 2.34. The quantitative estimate of drug-likeness (QED) is 0.738. The predicted molar refractivity (Wildman–Crippen MR) is 93.4 cm³/mol. The fourth-order valence-corrected chi connectivity index (χ4v) is 3.09. The van der Waals surface area contributed by atoms with E-state index in [1.165, 1.54) is 21.9 Å². The van der Waals surface area contributed by atoms with Crippen LogP contribution in [0.2, 0.25) is 0 Å². The van der Waals surface area contributed by atoms with Crippen LogP contribution < -0.4 is 20.3 Å². The minimum absolute atomic E-state index is 0.170. The third-order valence-electron chi connectivity index (χ3n) is 3.47. The third-order valence-corrected chi connectivity index (χ3v) is 4.52. The number of nitrogens with one attached hydrogen (secondary N) is 1. The van der Waals surface area contributed by atoms with Gasteiger partial charge in [-0.15, -0.1) is 0 Å². The van der Waals surface area contributed by atoms with E-state index in [9.17, 15) is 4.79 Å². The van der Waals surface area contributed by atoms with E-state index >= 15 is 0 Å². The molecule has 126 valence electrons. The lowest BCUT2D eigenvalue weighted by atomic mass is 10.2. The number of anilines is 1. The minimum Gasteiger partial charge on any atom is -0.497 e. The van der Waals surface area contributed by atoms with Crippen molar-refractivity contribution in [2.24, 2.45) is 0 Å². The lowest BCUT2D eigenvalue weighted by Crippen LogP contribution is -2.16. The van der Waals surface area contributed by atoms with Crippen molar-refractivity contribution in [3.63, 3.8) is 0 Å². The molecule has 0 amide bonds. The Morgan fingerprint density at radius 3 is 2.50 bits per heavy atom. The number of fused-ring (bicyclic) bond motifs is 1. The van der Waals surface area contributed by atoms with Crippen LogP contribution in [0.4, 0.5) is 5.69 Å². The number of aromatic nitrogens is 3. The van der Waals surface area contributed by atoms with E-state index in [2.05, 4.69) is 15.4 Å². The highest BCUT2D eigenvalue weighted by Crippen LogP contribution is 2.26. The molecule has 0 unspecified atom stereocenters. The first-order chi connectivity index (χ1) is 11.6. The Morgan fingerprint density at radius 1 is 1.17 bits per heavy atom. The smallest absolute Gasteiger partial charge is 0.275 e. The van der Waals surface area contributed by atoms with E-state index in [0.29, 0.717) is 28.7 Å². The lowest BCUT2D eigenvalue weighted by Gasteiger charge is -2.10. The summed E-state index contributed by atoms with van der Waals surface area (Å²) in [7, 11) is 3.20. The largest absolute Gasteiger partial charge is 0.497 e. The fraction of sp³-hybridized carbons (Fsp3) is 0.312. The van der Waals surface area contributed by atoms with Crippen LogP contribution in [-0.4, -0.2) is 28.8 Å². The second-order valence-electron chi connectivity index (χ2n) is 5.08. The van der Waals surface area contributed by atoms with Crippen LogP contribution in [0.3, 0.4) is 0 Å². The molecule has 1 N–H and O–H groups in total. The number of ether oxygens (including phenoxy) is 2. The Morgan fingerprint density at radius 2 is 1.88 bits per heavy atom. The van der Waals surface area contributed by atoms with Crippen molar-refractivity contribution >= 4 is 22.0 Å². The number of hydrogen-bond donors (Lipinski definition) is 1. The van der Waals surface area contributed by atoms with Gasteiger partial charge in [-0.3, -0.25) is 4.79 Å². The Labute approximate surface area is 142 Å². The van der Waals surface area contributed by atoms with Gasteiger partial charge in [-0.2, -0.15) is 9.61 Å². The summed E-state index contributed by atoms with van der Waals surface area (Å²) in [5.74, 6) is 1.38. The van der Waals surface area contributed by atoms with Gasteiger partial charge in [0.05, 0.1) is 26.5 Å². The van der Waals surface area contributed by atoms with E-state index < -0.39 is 0 Å². The average molecular weight is 346 g/mol. The third kappa shape index (κ3) is 3.33. The zero-order valence-electron chi connectivity index (χ0n) is 13.7. The first kappa shape index (κ1) is 16.3. The maximum Gasteiger partial charge on any atom is 0.275 e. The standard InChI is InChI=1S/C16H18N4O3S/c1-4-14-19-20-15(21)7-11(18-16(20)24-14)9-17-10-5-12(22-2)8-13(6-10)23-3/h5-8,17H,4,9H2,1-3H3. The maximum atomic E-state index is 12.1. The van der Waals surface area contributed by atoms with Gasteiger partial charge in [0.2, 0.25) is 4.96 Å². The highest BCUT2D eigenvalue weighted by Gasteiger charge is 2.08. The van der Waals surface area contributed by atoms with E-state index in [0.717, 1.165) is 17.1 Å². The molecule has 0 aliphatic carbocycles. The zero-order valence-corrected chi connectivity index (χ0v) is 14.5. The molecule has 0 saturated heterocycles. The van der Waals surface area contributed by atoms with Gasteiger partial charge >= 0.3 is 0 Å². The molecular formula is C16H18N4O3S. The summed E-state index contributed by atoms with van der Waals surface area (Å²) in [6.07, 6.45) is 0.782. The van der Waals surface area contributed by atoms with Crippen LogP contribution in [0.25, 0.3) is 4.96 Å². The van der Waals surface area contributed by atoms with Crippen LogP contribution in [0.1, 0.15) is 17.6 Å². The molecule has 24 heavy (non-hydrogen) atoms. The Bertz CT molecular complexity index is 897. The Kier molecular flexibility index (Phi) is 4.66. The first-order valence-corrected chi connectivity index (χ1v) is 8.30. The van der Waals surface area contributed by atoms with E-state index in [1.807, 2.05) is 19.1 Å². The Hall–Kier alpha value is -2.61. The summed E-state index contributed by atoms with van der Waals surface area (Å²) < 4.78 is 11.8. The van der Waals surface area contributed by atoms with Crippen molar-refractivity contribution in [2.75, 3.05) is 19.5 Å². The molecule has 0 fully saturated rings. The van der Waals surface area contributed by atoms with Crippen molar-refractivity contribution in [1.82, 2.24) is 14.6 Å². The highest BCUT2D eigenvalue weighted by atomic mass is 32.1. The van der Waals surface area contributed by atoms with Gasteiger partial charge in [0.25, 0.3) is 5.56 Å². The van der Waals surface area contributed by atoms with Crippen molar-refractivity contribution in [3.05, 3.63) is 45.3 Å². The van der Waals surface area contributed by atoms with E-state index in [1.54, 1.807) is 20.3 Å². The lowest BCUT2D eigenvalue weighted by molar-refractivity contribution is 0.394. The molecular weight excluding hydrogens is 328 g/mol. The zero-order chi connectivity index (χ0) is 17.1. The van der Waals surface area contributed by atoms with Crippen LogP contribution in [0.5, 0.6) is 11.5 Å². The van der Waals surface area contributed by atoms with Gasteiger partial charge in [-0.25, -0.2) is 4.98 Å². The molecule has 7 nitrogen and oxygen atoms in total. The highest BCUT2D eigenvalue weighted by molar-refractivity contribution is 7.16. The first-order valence-electron chi connectivity index (χ1n) is 7.48. The SMILES string of the molecule is CCc1nn2c(=O)cc(CNc3cc(OC)cc(OC)c3)nc2s1. The van der Waals surface area contributed by atoms with Gasteiger partial charge in [0, 0.05) is 30.0 Å². The normalized spacial score (nSPS) is 10.8. The molecule has 0 spiro atoms. The molecule has 0 aliphatic rings. The molecule has 0 saturated carbocycles. The van der Waals surface area contributed by atoms with Crippen LogP contribution in [-0.2, 0) is 13.0 Å². The minimum atomic E-state index is -0.170. The van der Waals surface area contributed by atoms with Crippen molar-refractivity contribution in [1.29, 1.82) is 0 Å². The summed E-state index contributed by atoms with van der Waals surface area (Å²) in [4.78, 5) is 17.2. The van der Waals surface area contributed by atoms with Crippen molar-refractivity contribution in [3.8, 4) is 11.5 Å². The molecule has 0 aliphatic heterocycles. The summed E-state index contributed by atoms with van der Waals surface area (Å²) in [6.45, 7) is 2.42. The average Bonchev–Trinajstić information content (AvgIpc) is 3.03. The summed E-state index contributed by atoms with van der Waals surface area (Å²) >= 11 is 1.43. The second kappa shape index (κ2) is 6.88. The molecule has 2 heterocycles. The molecule has 1 aromatic carbocycles. The molecule has 3 rings (SSSR count).